The average molecular weight is 296 g/mol. The molecule has 1 atom stereocenters. The summed E-state index contributed by atoms with van der Waals surface area (Å²) in [5.41, 5.74) is 0. The average Bonchev–Trinajstić information content (AvgIpc) is 2.94. The summed E-state index contributed by atoms with van der Waals surface area (Å²) in [5.74, 6) is 0.202. The van der Waals surface area contributed by atoms with Crippen LogP contribution in [0.15, 0.2) is 0 Å². The fraction of sp³-hybridized carbons (Fsp3) is 0.941. The van der Waals surface area contributed by atoms with Crippen molar-refractivity contribution in [1.29, 1.82) is 0 Å². The predicted molar refractivity (Wildman–Crippen MR) is 85.4 cm³/mol. The Labute approximate surface area is 129 Å². The summed E-state index contributed by atoms with van der Waals surface area (Å²) in [5, 5.41) is 3.07. The van der Waals surface area contributed by atoms with Crippen molar-refractivity contribution in [2.45, 2.75) is 70.3 Å². The summed E-state index contributed by atoms with van der Waals surface area (Å²) in [6.45, 7) is 4.53. The quantitative estimate of drug-likeness (QED) is 0.735. The number of carbonyl (C=O) groups excluding carboxylic acids is 1. The minimum atomic E-state index is 0.202. The molecule has 2 saturated heterocycles. The Kier molecular flexibility index (Phi) is 8.12. The van der Waals surface area contributed by atoms with E-state index in [9.17, 15) is 4.79 Å². The highest BCUT2D eigenvalue weighted by atomic mass is 16.5. The van der Waals surface area contributed by atoms with Crippen LogP contribution in [0.25, 0.3) is 0 Å². The van der Waals surface area contributed by atoms with Crippen molar-refractivity contribution in [2.75, 3.05) is 32.8 Å². The maximum absolute atomic E-state index is 12.0. The van der Waals surface area contributed by atoms with Gasteiger partial charge in [-0.2, -0.15) is 0 Å². The van der Waals surface area contributed by atoms with E-state index in [0.717, 1.165) is 45.5 Å². The van der Waals surface area contributed by atoms with Crippen molar-refractivity contribution in [3.05, 3.63) is 0 Å². The summed E-state index contributed by atoms with van der Waals surface area (Å²) >= 11 is 0. The molecule has 2 aliphatic heterocycles. The van der Waals surface area contributed by atoms with Crippen LogP contribution < -0.4 is 5.32 Å². The summed E-state index contributed by atoms with van der Waals surface area (Å²) in [7, 11) is 0. The van der Waals surface area contributed by atoms with Crippen molar-refractivity contribution in [2.24, 2.45) is 0 Å². The van der Waals surface area contributed by atoms with Crippen molar-refractivity contribution in [3.8, 4) is 0 Å². The zero-order valence-corrected chi connectivity index (χ0v) is 13.4. The number of carbonyl (C=O) groups is 1. The van der Waals surface area contributed by atoms with Crippen LogP contribution in [0.3, 0.4) is 0 Å². The van der Waals surface area contributed by atoms with Crippen molar-refractivity contribution >= 4 is 5.91 Å². The van der Waals surface area contributed by atoms with E-state index in [0.29, 0.717) is 12.6 Å². The molecule has 0 aliphatic carbocycles. The predicted octanol–water partition coefficient (Wildman–Crippen LogP) is 2.72. The van der Waals surface area contributed by atoms with Crippen LogP contribution in [0.4, 0.5) is 0 Å². The van der Waals surface area contributed by atoms with Gasteiger partial charge < -0.3 is 10.1 Å². The minimum absolute atomic E-state index is 0.202. The van der Waals surface area contributed by atoms with Gasteiger partial charge in [-0.1, -0.05) is 19.3 Å². The number of amides is 1. The molecule has 0 unspecified atom stereocenters. The Hall–Kier alpha value is -0.610. The van der Waals surface area contributed by atoms with Gasteiger partial charge in [-0.25, -0.2) is 0 Å². The maximum Gasteiger partial charge on any atom is 0.234 e. The lowest BCUT2D eigenvalue weighted by Crippen LogP contribution is -2.39. The summed E-state index contributed by atoms with van der Waals surface area (Å²) in [4.78, 5) is 14.3. The molecule has 4 nitrogen and oxygen atoms in total. The zero-order valence-electron chi connectivity index (χ0n) is 13.4. The first-order valence-electron chi connectivity index (χ1n) is 8.95. The summed E-state index contributed by atoms with van der Waals surface area (Å²) in [6, 6.07) is 0. The topological polar surface area (TPSA) is 41.6 Å². The zero-order chi connectivity index (χ0) is 14.8. The fourth-order valence-electron chi connectivity index (χ4n) is 3.33. The van der Waals surface area contributed by atoms with E-state index in [2.05, 4.69) is 10.2 Å². The van der Waals surface area contributed by atoms with Crippen LogP contribution in [0.2, 0.25) is 0 Å². The van der Waals surface area contributed by atoms with E-state index in [1.165, 1.54) is 44.9 Å². The molecule has 0 bridgehead atoms. The number of ether oxygens (including phenoxy) is 1. The van der Waals surface area contributed by atoms with Crippen LogP contribution in [-0.4, -0.2) is 49.7 Å². The summed E-state index contributed by atoms with van der Waals surface area (Å²) in [6.07, 6.45) is 12.8. The molecule has 2 fully saturated rings. The van der Waals surface area contributed by atoms with Gasteiger partial charge >= 0.3 is 0 Å². The monoisotopic (exact) mass is 296 g/mol. The third-order valence-corrected chi connectivity index (χ3v) is 4.61. The molecule has 1 N–H and O–H groups in total. The Morgan fingerprint density at radius 3 is 2.52 bits per heavy atom. The molecule has 2 aliphatic rings. The maximum atomic E-state index is 12.0. The van der Waals surface area contributed by atoms with Gasteiger partial charge in [0.2, 0.25) is 5.91 Å². The standard InChI is InChI=1S/C17H32N2O2/c20-17(15-19-12-6-2-1-3-7-13-19)18-11-5-4-9-16-10-8-14-21-16/h16H,1-15H2,(H,18,20)/t16-/m0/s1. The lowest BCUT2D eigenvalue weighted by molar-refractivity contribution is -0.122. The second kappa shape index (κ2) is 10.2. The van der Waals surface area contributed by atoms with E-state index < -0.39 is 0 Å². The number of rotatable bonds is 7. The van der Waals surface area contributed by atoms with Gasteiger partial charge in [0.15, 0.2) is 0 Å². The molecule has 2 rings (SSSR count). The van der Waals surface area contributed by atoms with Crippen molar-refractivity contribution in [3.63, 3.8) is 0 Å². The first-order valence-corrected chi connectivity index (χ1v) is 8.95. The van der Waals surface area contributed by atoms with Gasteiger partial charge in [0.25, 0.3) is 0 Å². The van der Waals surface area contributed by atoms with Gasteiger partial charge in [0.1, 0.15) is 0 Å². The Morgan fingerprint density at radius 1 is 1.05 bits per heavy atom. The number of nitrogens with zero attached hydrogens (tertiary/aromatic N) is 1. The Bertz CT molecular complexity index is 283. The number of nitrogens with one attached hydrogen (secondary N) is 1. The molecule has 2 heterocycles. The molecule has 1 amide bonds. The molecule has 0 aromatic heterocycles. The molecular formula is C17H32N2O2. The SMILES string of the molecule is O=C(CN1CCCCCCC1)NCCCC[C@H]1CCCO1. The second-order valence-electron chi connectivity index (χ2n) is 6.52. The molecule has 0 saturated carbocycles. The number of hydrogen-bond acceptors (Lipinski definition) is 3. The third kappa shape index (κ3) is 7.28. The highest BCUT2D eigenvalue weighted by Gasteiger charge is 2.15. The van der Waals surface area contributed by atoms with Crippen LogP contribution in [-0.2, 0) is 9.53 Å². The lowest BCUT2D eigenvalue weighted by Gasteiger charge is -2.23. The third-order valence-electron chi connectivity index (χ3n) is 4.61. The molecule has 0 aromatic rings. The van der Waals surface area contributed by atoms with Crippen LogP contribution in [0.1, 0.15) is 64.2 Å². The second-order valence-corrected chi connectivity index (χ2v) is 6.52. The van der Waals surface area contributed by atoms with E-state index in [1.807, 2.05) is 0 Å². The molecule has 0 spiro atoms. The van der Waals surface area contributed by atoms with Crippen molar-refractivity contribution < 1.29 is 9.53 Å². The van der Waals surface area contributed by atoms with Gasteiger partial charge in [-0.15, -0.1) is 0 Å². The molecule has 21 heavy (non-hydrogen) atoms. The normalized spacial score (nSPS) is 24.5. The van der Waals surface area contributed by atoms with E-state index >= 15 is 0 Å². The first kappa shape index (κ1) is 16.8. The lowest BCUT2D eigenvalue weighted by atomic mass is 10.1. The summed E-state index contributed by atoms with van der Waals surface area (Å²) < 4.78 is 5.61. The minimum Gasteiger partial charge on any atom is -0.378 e. The van der Waals surface area contributed by atoms with E-state index in [4.69, 9.17) is 4.74 Å². The highest BCUT2D eigenvalue weighted by molar-refractivity contribution is 5.77. The largest absolute Gasteiger partial charge is 0.378 e. The van der Waals surface area contributed by atoms with Crippen LogP contribution >= 0.6 is 0 Å². The Morgan fingerprint density at radius 2 is 1.81 bits per heavy atom. The molecule has 4 heteroatoms. The molecule has 122 valence electrons. The van der Waals surface area contributed by atoms with Gasteiger partial charge in [0.05, 0.1) is 12.6 Å². The van der Waals surface area contributed by atoms with Gasteiger partial charge in [0, 0.05) is 13.2 Å². The van der Waals surface area contributed by atoms with E-state index in [-0.39, 0.29) is 5.91 Å². The van der Waals surface area contributed by atoms with Crippen molar-refractivity contribution in [1.82, 2.24) is 10.2 Å². The van der Waals surface area contributed by atoms with Gasteiger partial charge in [-0.3, -0.25) is 9.69 Å². The molecular weight excluding hydrogens is 264 g/mol. The molecule has 0 aromatic carbocycles. The van der Waals surface area contributed by atoms with Gasteiger partial charge in [-0.05, 0) is 58.0 Å². The first-order chi connectivity index (χ1) is 10.3. The molecule has 0 radical (unpaired) electrons. The fourth-order valence-corrected chi connectivity index (χ4v) is 3.33. The van der Waals surface area contributed by atoms with Crippen LogP contribution in [0, 0.1) is 0 Å². The number of unbranched alkanes of at least 4 members (excludes halogenated alkanes) is 1. The highest BCUT2D eigenvalue weighted by Crippen LogP contribution is 2.17. The number of hydrogen-bond donors (Lipinski definition) is 1. The Balaban J connectivity index is 1.48. The van der Waals surface area contributed by atoms with Crippen LogP contribution in [0.5, 0.6) is 0 Å². The smallest absolute Gasteiger partial charge is 0.234 e. The van der Waals surface area contributed by atoms with E-state index in [1.54, 1.807) is 0 Å². The number of likely N-dealkylation sites (tertiary alicyclic amines) is 1.